The number of carbonyl (C=O) groups excluding carboxylic acids is 2. The molecule has 8 heteroatoms. The SMILES string of the molecule is CC1CC(C)C(CNC(=O)c2cc(-c3cccc(C[N+](C)(C)CCO)c3)cc3c2cnn3C2CCCC2)C(=O)N1. The number of amides is 2. The van der Waals surface area contributed by atoms with Gasteiger partial charge in [-0.3, -0.25) is 14.3 Å². The molecule has 2 aliphatic rings. The quantitative estimate of drug-likeness (QED) is 0.349. The summed E-state index contributed by atoms with van der Waals surface area (Å²) in [6.45, 7) is 6.04. The Labute approximate surface area is 237 Å². The van der Waals surface area contributed by atoms with E-state index in [-0.39, 0.29) is 36.3 Å². The van der Waals surface area contributed by atoms with E-state index in [0.29, 0.717) is 29.2 Å². The summed E-state index contributed by atoms with van der Waals surface area (Å²) in [5.74, 6) is -0.193. The van der Waals surface area contributed by atoms with Gasteiger partial charge in [0.05, 0.1) is 49.9 Å². The lowest BCUT2D eigenvalue weighted by atomic mass is 9.84. The van der Waals surface area contributed by atoms with E-state index >= 15 is 0 Å². The summed E-state index contributed by atoms with van der Waals surface area (Å²) in [7, 11) is 4.23. The summed E-state index contributed by atoms with van der Waals surface area (Å²) >= 11 is 0. The van der Waals surface area contributed by atoms with Gasteiger partial charge in [-0.15, -0.1) is 0 Å². The highest BCUT2D eigenvalue weighted by atomic mass is 16.3. The molecular formula is C32H44N5O3+. The van der Waals surface area contributed by atoms with Crippen molar-refractivity contribution in [2.24, 2.45) is 11.8 Å². The molecule has 2 fully saturated rings. The Bertz CT molecular complexity index is 1370. The molecule has 5 rings (SSSR count). The monoisotopic (exact) mass is 546 g/mol. The number of aromatic nitrogens is 2. The van der Waals surface area contributed by atoms with Crippen molar-refractivity contribution in [1.29, 1.82) is 0 Å². The molecule has 2 heterocycles. The summed E-state index contributed by atoms with van der Waals surface area (Å²) in [5.41, 5.74) is 4.78. The molecule has 2 aromatic carbocycles. The van der Waals surface area contributed by atoms with Crippen molar-refractivity contribution in [1.82, 2.24) is 20.4 Å². The van der Waals surface area contributed by atoms with Crippen LogP contribution in [0.5, 0.6) is 0 Å². The summed E-state index contributed by atoms with van der Waals surface area (Å²) < 4.78 is 2.80. The van der Waals surface area contributed by atoms with Gasteiger partial charge in [0.1, 0.15) is 13.1 Å². The van der Waals surface area contributed by atoms with Gasteiger partial charge in [-0.25, -0.2) is 0 Å². The van der Waals surface area contributed by atoms with E-state index in [1.54, 1.807) is 0 Å². The van der Waals surface area contributed by atoms with E-state index in [0.717, 1.165) is 47.8 Å². The number of hydrogen-bond acceptors (Lipinski definition) is 4. The number of quaternary nitrogens is 1. The van der Waals surface area contributed by atoms with Gasteiger partial charge in [-0.05, 0) is 61.4 Å². The molecule has 40 heavy (non-hydrogen) atoms. The summed E-state index contributed by atoms with van der Waals surface area (Å²) in [5, 5.41) is 21.2. The lowest BCUT2D eigenvalue weighted by Crippen LogP contribution is -2.50. The van der Waals surface area contributed by atoms with Crippen LogP contribution in [-0.4, -0.2) is 71.0 Å². The Kier molecular flexibility index (Phi) is 8.29. The molecule has 3 atom stereocenters. The molecule has 3 unspecified atom stereocenters. The molecule has 1 aliphatic heterocycles. The van der Waals surface area contributed by atoms with Crippen LogP contribution in [0.3, 0.4) is 0 Å². The second kappa shape index (κ2) is 11.7. The smallest absolute Gasteiger partial charge is 0.252 e. The zero-order chi connectivity index (χ0) is 28.4. The molecule has 8 nitrogen and oxygen atoms in total. The number of benzene rings is 2. The molecule has 2 amide bonds. The van der Waals surface area contributed by atoms with Crippen molar-refractivity contribution >= 4 is 22.7 Å². The molecule has 1 saturated carbocycles. The van der Waals surface area contributed by atoms with Crippen LogP contribution in [0.1, 0.15) is 67.9 Å². The fraction of sp³-hybridized carbons (Fsp3) is 0.531. The largest absolute Gasteiger partial charge is 0.391 e. The second-order valence-corrected chi connectivity index (χ2v) is 12.7. The molecular weight excluding hydrogens is 502 g/mol. The van der Waals surface area contributed by atoms with Gasteiger partial charge in [-0.2, -0.15) is 5.10 Å². The Balaban J connectivity index is 1.49. The van der Waals surface area contributed by atoms with Crippen LogP contribution in [0.2, 0.25) is 0 Å². The highest BCUT2D eigenvalue weighted by Crippen LogP contribution is 2.35. The lowest BCUT2D eigenvalue weighted by molar-refractivity contribution is -0.903. The number of carbonyl (C=O) groups is 2. The predicted molar refractivity (Wildman–Crippen MR) is 158 cm³/mol. The lowest BCUT2D eigenvalue weighted by Gasteiger charge is -2.32. The Morgan fingerprint density at radius 3 is 2.65 bits per heavy atom. The first kappa shape index (κ1) is 28.3. The number of rotatable bonds is 9. The average molecular weight is 547 g/mol. The van der Waals surface area contributed by atoms with E-state index < -0.39 is 0 Å². The topological polar surface area (TPSA) is 96.2 Å². The number of hydrogen-bond donors (Lipinski definition) is 3. The number of aliphatic hydroxyl groups is 1. The maximum absolute atomic E-state index is 13.7. The third-order valence-electron chi connectivity index (χ3n) is 8.83. The third kappa shape index (κ3) is 6.08. The molecule has 0 bridgehead atoms. The van der Waals surface area contributed by atoms with Crippen molar-refractivity contribution in [3.05, 3.63) is 53.7 Å². The normalized spacial score (nSPS) is 22.0. The van der Waals surface area contributed by atoms with Crippen LogP contribution in [-0.2, 0) is 11.3 Å². The fourth-order valence-electron chi connectivity index (χ4n) is 6.61. The summed E-state index contributed by atoms with van der Waals surface area (Å²) in [6, 6.07) is 13.1. The number of nitrogens with zero attached hydrogens (tertiary/aromatic N) is 3. The maximum Gasteiger partial charge on any atom is 0.252 e. The highest BCUT2D eigenvalue weighted by molar-refractivity contribution is 6.08. The first-order valence-corrected chi connectivity index (χ1v) is 14.8. The standard InChI is InChI=1S/C32H43N5O3/c1-21-14-22(2)35-32(40)28(21)18-33-31(39)27-16-25(17-30-29(27)19-34-36(30)26-10-5-6-11-26)24-9-7-8-23(15-24)20-37(3,4)12-13-38/h7-9,15-17,19,21-22,26,28,38H,5-6,10-14,18,20H2,1-4H3,(H-,33,35,39,40)/p+1. The maximum atomic E-state index is 13.7. The Hall–Kier alpha value is -3.23. The molecule has 214 valence electrons. The van der Waals surface area contributed by atoms with Crippen LogP contribution in [0.15, 0.2) is 42.6 Å². The summed E-state index contributed by atoms with van der Waals surface area (Å²) in [6.07, 6.45) is 7.33. The van der Waals surface area contributed by atoms with Gasteiger partial charge in [0.15, 0.2) is 0 Å². The highest BCUT2D eigenvalue weighted by Gasteiger charge is 2.32. The van der Waals surface area contributed by atoms with Gasteiger partial charge < -0.3 is 20.2 Å². The van der Waals surface area contributed by atoms with Crippen LogP contribution < -0.4 is 10.6 Å². The second-order valence-electron chi connectivity index (χ2n) is 12.7. The van der Waals surface area contributed by atoms with Crippen LogP contribution >= 0.6 is 0 Å². The first-order chi connectivity index (χ1) is 19.1. The molecule has 0 spiro atoms. The van der Waals surface area contributed by atoms with Crippen molar-refractivity contribution in [3.63, 3.8) is 0 Å². The third-order valence-corrected chi connectivity index (χ3v) is 8.83. The van der Waals surface area contributed by atoms with Crippen molar-refractivity contribution in [2.45, 2.75) is 64.6 Å². The molecule has 1 saturated heterocycles. The predicted octanol–water partition coefficient (Wildman–Crippen LogP) is 4.28. The molecule has 1 aliphatic carbocycles. The van der Waals surface area contributed by atoms with Gasteiger partial charge in [0.2, 0.25) is 5.91 Å². The molecule has 3 N–H and O–H groups in total. The van der Waals surface area contributed by atoms with Gasteiger partial charge in [0, 0.05) is 23.5 Å². The van der Waals surface area contributed by atoms with E-state index in [1.165, 1.54) is 18.4 Å². The van der Waals surface area contributed by atoms with Crippen LogP contribution in [0.4, 0.5) is 0 Å². The minimum absolute atomic E-state index is 0.0128. The fourth-order valence-corrected chi connectivity index (χ4v) is 6.61. The van der Waals surface area contributed by atoms with E-state index in [9.17, 15) is 14.7 Å². The number of fused-ring (bicyclic) bond motifs is 1. The number of nitrogens with one attached hydrogen (secondary N) is 2. The minimum atomic E-state index is -0.239. The molecule has 3 aromatic rings. The van der Waals surface area contributed by atoms with E-state index in [4.69, 9.17) is 5.10 Å². The van der Waals surface area contributed by atoms with Gasteiger partial charge in [-0.1, -0.05) is 38.0 Å². The first-order valence-electron chi connectivity index (χ1n) is 14.8. The summed E-state index contributed by atoms with van der Waals surface area (Å²) in [4.78, 5) is 26.4. The number of piperidine rings is 1. The molecule has 0 radical (unpaired) electrons. The number of likely N-dealkylation sites (N-methyl/N-ethyl adjacent to an activating group) is 1. The molecule has 1 aromatic heterocycles. The van der Waals surface area contributed by atoms with Crippen LogP contribution in [0.25, 0.3) is 22.0 Å². The van der Waals surface area contributed by atoms with Gasteiger partial charge >= 0.3 is 0 Å². The zero-order valence-corrected chi connectivity index (χ0v) is 24.3. The number of aliphatic hydroxyl groups excluding tert-OH is 1. The van der Waals surface area contributed by atoms with Gasteiger partial charge in [0.25, 0.3) is 5.91 Å². The van der Waals surface area contributed by atoms with E-state index in [1.807, 2.05) is 19.2 Å². The zero-order valence-electron chi connectivity index (χ0n) is 24.3. The minimum Gasteiger partial charge on any atom is -0.391 e. The van der Waals surface area contributed by atoms with Crippen LogP contribution in [0, 0.1) is 11.8 Å². The van der Waals surface area contributed by atoms with Crippen molar-refractivity contribution < 1.29 is 19.2 Å². The Morgan fingerprint density at radius 2 is 1.93 bits per heavy atom. The van der Waals surface area contributed by atoms with Crippen molar-refractivity contribution in [3.8, 4) is 11.1 Å². The Morgan fingerprint density at radius 1 is 1.15 bits per heavy atom. The van der Waals surface area contributed by atoms with Crippen molar-refractivity contribution in [2.75, 3.05) is 33.8 Å². The average Bonchev–Trinajstić information content (AvgIpc) is 3.57. The van der Waals surface area contributed by atoms with E-state index in [2.05, 4.69) is 66.7 Å².